The normalized spacial score (nSPS) is 16.2. The van der Waals surface area contributed by atoms with Gasteiger partial charge in [0.25, 0.3) is 0 Å². The smallest absolute Gasteiger partial charge is 0.0915 e. The fourth-order valence-electron chi connectivity index (χ4n) is 2.46. The number of hydrogen-bond donors (Lipinski definition) is 1. The quantitative estimate of drug-likeness (QED) is 0.766. The second-order valence-electron chi connectivity index (χ2n) is 4.17. The Hall–Kier alpha value is -1.59. The molecular formula is C14H15NO. The van der Waals surface area contributed by atoms with Gasteiger partial charge in [-0.25, -0.2) is 0 Å². The Morgan fingerprint density at radius 3 is 2.94 bits per heavy atom. The largest absolute Gasteiger partial charge is 0.396 e. The molecule has 1 aliphatic carbocycles. The van der Waals surface area contributed by atoms with Crippen molar-refractivity contribution in [3.05, 3.63) is 40.5 Å². The van der Waals surface area contributed by atoms with Crippen LogP contribution in [0.3, 0.4) is 0 Å². The minimum atomic E-state index is 0.164. The first-order valence-electron chi connectivity index (χ1n) is 5.59. The van der Waals surface area contributed by atoms with E-state index in [1.807, 2.05) is 0 Å². The van der Waals surface area contributed by atoms with Crippen LogP contribution in [0.25, 0.3) is 5.57 Å². The average Bonchev–Trinajstić information content (AvgIpc) is 2.67. The van der Waals surface area contributed by atoms with Crippen LogP contribution in [0, 0.1) is 18.3 Å². The maximum atomic E-state index is 9.11. The van der Waals surface area contributed by atoms with Gasteiger partial charge in [0.1, 0.15) is 0 Å². The van der Waals surface area contributed by atoms with Crippen LogP contribution >= 0.6 is 0 Å². The van der Waals surface area contributed by atoms with Crippen LogP contribution < -0.4 is 0 Å². The first-order chi connectivity index (χ1) is 7.77. The van der Waals surface area contributed by atoms with E-state index in [0.29, 0.717) is 6.42 Å². The van der Waals surface area contributed by atoms with Crippen LogP contribution in [-0.4, -0.2) is 11.7 Å². The standard InChI is InChI=1S/C14H15NO/c1-10-2-3-11-4-5-12(6-8-15)14(11)13(10)7-9-16/h2-3,6,16H,4-5,7,9H2,1H3/b12-6+. The Morgan fingerprint density at radius 1 is 1.44 bits per heavy atom. The second-order valence-corrected chi connectivity index (χ2v) is 4.17. The minimum Gasteiger partial charge on any atom is -0.396 e. The lowest BCUT2D eigenvalue weighted by molar-refractivity contribution is 0.299. The zero-order valence-corrected chi connectivity index (χ0v) is 9.45. The summed E-state index contributed by atoms with van der Waals surface area (Å²) in [7, 11) is 0. The van der Waals surface area contributed by atoms with E-state index in [4.69, 9.17) is 10.4 Å². The van der Waals surface area contributed by atoms with Crippen LogP contribution in [0.5, 0.6) is 0 Å². The van der Waals surface area contributed by atoms with Gasteiger partial charge in [0, 0.05) is 12.7 Å². The predicted molar refractivity (Wildman–Crippen MR) is 63.9 cm³/mol. The van der Waals surface area contributed by atoms with Crippen molar-refractivity contribution in [3.63, 3.8) is 0 Å². The molecule has 0 heterocycles. The SMILES string of the molecule is Cc1ccc2c(c1CCO)/C(=C/C#N)CC2. The molecule has 1 N–H and O–H groups in total. The molecular weight excluding hydrogens is 198 g/mol. The van der Waals surface area contributed by atoms with Crippen LogP contribution in [0.4, 0.5) is 0 Å². The lowest BCUT2D eigenvalue weighted by atomic mass is 9.94. The van der Waals surface area contributed by atoms with E-state index in [1.165, 1.54) is 22.3 Å². The summed E-state index contributed by atoms with van der Waals surface area (Å²) in [6.45, 7) is 2.23. The van der Waals surface area contributed by atoms with Crippen molar-refractivity contribution in [1.29, 1.82) is 5.26 Å². The number of benzene rings is 1. The predicted octanol–water partition coefficient (Wildman–Crippen LogP) is 2.38. The number of aliphatic hydroxyl groups is 1. The molecule has 0 aromatic heterocycles. The molecule has 0 aliphatic heterocycles. The van der Waals surface area contributed by atoms with E-state index in [2.05, 4.69) is 25.1 Å². The molecule has 0 atom stereocenters. The highest BCUT2D eigenvalue weighted by Crippen LogP contribution is 2.36. The molecule has 1 aromatic carbocycles. The molecule has 0 spiro atoms. The molecule has 2 rings (SSSR count). The van der Waals surface area contributed by atoms with Gasteiger partial charge >= 0.3 is 0 Å². The number of hydrogen-bond acceptors (Lipinski definition) is 2. The topological polar surface area (TPSA) is 44.0 Å². The van der Waals surface area contributed by atoms with E-state index in [-0.39, 0.29) is 6.61 Å². The van der Waals surface area contributed by atoms with Crippen molar-refractivity contribution in [2.75, 3.05) is 6.61 Å². The number of aryl methyl sites for hydroxylation is 2. The van der Waals surface area contributed by atoms with Gasteiger partial charge in [-0.05, 0) is 54.0 Å². The summed E-state index contributed by atoms with van der Waals surface area (Å²) in [6, 6.07) is 6.37. The van der Waals surface area contributed by atoms with Crippen LogP contribution in [0.2, 0.25) is 0 Å². The molecule has 0 saturated carbocycles. The Balaban J connectivity index is 2.58. The maximum Gasteiger partial charge on any atom is 0.0915 e. The third kappa shape index (κ3) is 1.75. The Labute approximate surface area is 95.8 Å². The Kier molecular flexibility index (Phi) is 3.07. The number of rotatable bonds is 2. The van der Waals surface area contributed by atoms with E-state index in [0.717, 1.165) is 18.4 Å². The first-order valence-corrected chi connectivity index (χ1v) is 5.59. The molecule has 0 amide bonds. The number of fused-ring (bicyclic) bond motifs is 1. The van der Waals surface area contributed by atoms with Gasteiger partial charge in [-0.1, -0.05) is 12.1 Å². The van der Waals surface area contributed by atoms with Gasteiger partial charge in [0.2, 0.25) is 0 Å². The van der Waals surface area contributed by atoms with Gasteiger partial charge in [-0.15, -0.1) is 0 Å². The van der Waals surface area contributed by atoms with Crippen molar-refractivity contribution in [2.24, 2.45) is 0 Å². The molecule has 1 aromatic rings. The molecule has 0 saturated heterocycles. The number of nitriles is 1. The van der Waals surface area contributed by atoms with Crippen molar-refractivity contribution >= 4 is 5.57 Å². The maximum absolute atomic E-state index is 9.11. The Bertz CT molecular complexity index is 480. The molecule has 0 fully saturated rings. The van der Waals surface area contributed by atoms with Crippen molar-refractivity contribution in [1.82, 2.24) is 0 Å². The second kappa shape index (κ2) is 4.51. The summed E-state index contributed by atoms with van der Waals surface area (Å²) in [5.41, 5.74) is 6.08. The molecule has 2 nitrogen and oxygen atoms in total. The van der Waals surface area contributed by atoms with Gasteiger partial charge in [-0.3, -0.25) is 0 Å². The van der Waals surface area contributed by atoms with E-state index < -0.39 is 0 Å². The molecule has 82 valence electrons. The summed E-state index contributed by atoms with van der Waals surface area (Å²) in [5, 5.41) is 17.9. The minimum absolute atomic E-state index is 0.164. The van der Waals surface area contributed by atoms with Crippen LogP contribution in [-0.2, 0) is 12.8 Å². The zero-order chi connectivity index (χ0) is 11.5. The summed E-state index contributed by atoms with van der Waals surface area (Å²) in [5.74, 6) is 0. The van der Waals surface area contributed by atoms with E-state index in [9.17, 15) is 0 Å². The summed E-state index contributed by atoms with van der Waals surface area (Å²) in [6.07, 6.45) is 4.29. The first kappa shape index (κ1) is 10.9. The number of aliphatic hydroxyl groups excluding tert-OH is 1. The molecule has 2 heteroatoms. The lowest BCUT2D eigenvalue weighted by Crippen LogP contribution is -2.00. The van der Waals surface area contributed by atoms with E-state index in [1.54, 1.807) is 6.08 Å². The third-order valence-corrected chi connectivity index (χ3v) is 3.22. The molecule has 0 bridgehead atoms. The molecule has 0 unspecified atom stereocenters. The monoisotopic (exact) mass is 213 g/mol. The van der Waals surface area contributed by atoms with Gasteiger partial charge in [0.15, 0.2) is 0 Å². The number of allylic oxidation sites excluding steroid dienone is 2. The van der Waals surface area contributed by atoms with E-state index >= 15 is 0 Å². The van der Waals surface area contributed by atoms with Gasteiger partial charge in [0.05, 0.1) is 6.07 Å². The summed E-state index contributed by atoms with van der Waals surface area (Å²) in [4.78, 5) is 0. The molecule has 1 aliphatic rings. The van der Waals surface area contributed by atoms with Gasteiger partial charge in [-0.2, -0.15) is 5.26 Å². The van der Waals surface area contributed by atoms with Crippen molar-refractivity contribution < 1.29 is 5.11 Å². The van der Waals surface area contributed by atoms with Crippen LogP contribution in [0.1, 0.15) is 28.7 Å². The zero-order valence-electron chi connectivity index (χ0n) is 9.45. The Morgan fingerprint density at radius 2 is 2.25 bits per heavy atom. The highest BCUT2D eigenvalue weighted by Gasteiger charge is 2.20. The third-order valence-electron chi connectivity index (χ3n) is 3.22. The van der Waals surface area contributed by atoms with Crippen molar-refractivity contribution in [3.8, 4) is 6.07 Å². The van der Waals surface area contributed by atoms with Crippen LogP contribution in [0.15, 0.2) is 18.2 Å². The van der Waals surface area contributed by atoms with Crippen molar-refractivity contribution in [2.45, 2.75) is 26.2 Å². The highest BCUT2D eigenvalue weighted by molar-refractivity contribution is 5.77. The highest BCUT2D eigenvalue weighted by atomic mass is 16.2. The summed E-state index contributed by atoms with van der Waals surface area (Å²) < 4.78 is 0. The molecule has 0 radical (unpaired) electrons. The number of nitrogens with zero attached hydrogens (tertiary/aromatic N) is 1. The fraction of sp³-hybridized carbons (Fsp3) is 0.357. The lowest BCUT2D eigenvalue weighted by Gasteiger charge is -2.11. The van der Waals surface area contributed by atoms with Gasteiger partial charge < -0.3 is 5.11 Å². The fourth-order valence-corrected chi connectivity index (χ4v) is 2.46. The molecule has 16 heavy (non-hydrogen) atoms. The summed E-state index contributed by atoms with van der Waals surface area (Å²) >= 11 is 0. The average molecular weight is 213 g/mol.